The highest BCUT2D eigenvalue weighted by molar-refractivity contribution is 5.91. The van der Waals surface area contributed by atoms with E-state index in [4.69, 9.17) is 10.8 Å². The van der Waals surface area contributed by atoms with Gasteiger partial charge in [-0.15, -0.1) is 0 Å². The Hall–Kier alpha value is -2.11. The molecule has 0 aliphatic heterocycles. The van der Waals surface area contributed by atoms with Gasteiger partial charge in [0.15, 0.2) is 0 Å². The van der Waals surface area contributed by atoms with Crippen LogP contribution in [-0.4, -0.2) is 22.0 Å². The van der Waals surface area contributed by atoms with Crippen LogP contribution in [-0.2, 0) is 9.59 Å². The van der Waals surface area contributed by atoms with Crippen molar-refractivity contribution in [3.05, 3.63) is 18.2 Å². The molecule has 6 nitrogen and oxygen atoms in total. The summed E-state index contributed by atoms with van der Waals surface area (Å²) in [5, 5.41) is 10.8. The van der Waals surface area contributed by atoms with E-state index in [-0.39, 0.29) is 12.8 Å². The SMILES string of the molecule is Nc1cccc(NC(=O)CCC(=O)O)n1. The van der Waals surface area contributed by atoms with Crippen LogP contribution in [0.4, 0.5) is 11.6 Å². The van der Waals surface area contributed by atoms with E-state index in [1.54, 1.807) is 18.2 Å². The Morgan fingerprint density at radius 2 is 2.13 bits per heavy atom. The van der Waals surface area contributed by atoms with Gasteiger partial charge in [0.25, 0.3) is 0 Å². The number of nitrogens with two attached hydrogens (primary N) is 1. The fourth-order valence-corrected chi connectivity index (χ4v) is 0.947. The van der Waals surface area contributed by atoms with E-state index in [0.717, 1.165) is 0 Å². The molecule has 1 aromatic heterocycles. The summed E-state index contributed by atoms with van der Waals surface area (Å²) in [6.07, 6.45) is -0.278. The van der Waals surface area contributed by atoms with Crippen LogP contribution < -0.4 is 11.1 Å². The zero-order chi connectivity index (χ0) is 11.3. The van der Waals surface area contributed by atoms with Gasteiger partial charge in [0, 0.05) is 6.42 Å². The Bertz CT molecular complexity index is 379. The Balaban J connectivity index is 2.48. The van der Waals surface area contributed by atoms with Crippen LogP contribution >= 0.6 is 0 Å². The van der Waals surface area contributed by atoms with Crippen LogP contribution in [0.25, 0.3) is 0 Å². The number of carbonyl (C=O) groups excluding carboxylic acids is 1. The monoisotopic (exact) mass is 209 g/mol. The molecule has 0 atom stereocenters. The first-order chi connectivity index (χ1) is 7.08. The normalized spacial score (nSPS) is 9.60. The van der Waals surface area contributed by atoms with Gasteiger partial charge >= 0.3 is 5.97 Å². The van der Waals surface area contributed by atoms with Gasteiger partial charge in [0.1, 0.15) is 11.6 Å². The van der Waals surface area contributed by atoms with Gasteiger partial charge in [-0.05, 0) is 12.1 Å². The number of rotatable bonds is 4. The molecule has 1 heterocycles. The van der Waals surface area contributed by atoms with Gasteiger partial charge in [0.2, 0.25) is 5.91 Å². The molecule has 1 amide bonds. The molecular formula is C9H11N3O3. The molecule has 1 rings (SSSR count). The number of anilines is 2. The second-order valence-electron chi connectivity index (χ2n) is 2.89. The summed E-state index contributed by atoms with van der Waals surface area (Å²) in [5.41, 5.74) is 5.40. The van der Waals surface area contributed by atoms with Crippen LogP contribution in [0.2, 0.25) is 0 Å². The molecule has 0 saturated heterocycles. The van der Waals surface area contributed by atoms with E-state index in [0.29, 0.717) is 11.6 Å². The lowest BCUT2D eigenvalue weighted by atomic mass is 10.3. The Kier molecular flexibility index (Phi) is 3.61. The van der Waals surface area contributed by atoms with E-state index < -0.39 is 11.9 Å². The first-order valence-electron chi connectivity index (χ1n) is 4.32. The van der Waals surface area contributed by atoms with E-state index in [9.17, 15) is 9.59 Å². The van der Waals surface area contributed by atoms with Crippen LogP contribution in [0.3, 0.4) is 0 Å². The van der Waals surface area contributed by atoms with Crippen molar-refractivity contribution >= 4 is 23.5 Å². The Morgan fingerprint density at radius 3 is 2.73 bits per heavy atom. The minimum Gasteiger partial charge on any atom is -0.481 e. The largest absolute Gasteiger partial charge is 0.481 e. The molecule has 1 aromatic rings. The third kappa shape index (κ3) is 4.08. The molecule has 0 bridgehead atoms. The van der Waals surface area contributed by atoms with E-state index >= 15 is 0 Å². The standard InChI is InChI=1S/C9H11N3O3/c10-6-2-1-3-7(11-6)12-8(13)4-5-9(14)15/h1-3H,4-5H2,(H,14,15)(H3,10,11,12,13). The molecule has 0 aliphatic rings. The molecule has 0 aliphatic carbocycles. The van der Waals surface area contributed by atoms with Crippen molar-refractivity contribution in [1.82, 2.24) is 4.98 Å². The van der Waals surface area contributed by atoms with E-state index in [2.05, 4.69) is 10.3 Å². The van der Waals surface area contributed by atoms with Crippen LogP contribution in [0.5, 0.6) is 0 Å². The highest BCUT2D eigenvalue weighted by Crippen LogP contribution is 2.06. The van der Waals surface area contributed by atoms with Crippen molar-refractivity contribution in [3.8, 4) is 0 Å². The minimum atomic E-state index is -1.01. The Morgan fingerprint density at radius 1 is 1.40 bits per heavy atom. The minimum absolute atomic E-state index is 0.0776. The number of carboxylic acids is 1. The molecule has 0 spiro atoms. The van der Waals surface area contributed by atoms with Crippen LogP contribution in [0, 0.1) is 0 Å². The van der Waals surface area contributed by atoms with Gasteiger partial charge in [-0.1, -0.05) is 6.07 Å². The molecular weight excluding hydrogens is 198 g/mol. The predicted octanol–water partition coefficient (Wildman–Crippen LogP) is 0.467. The smallest absolute Gasteiger partial charge is 0.303 e. The summed E-state index contributed by atoms with van der Waals surface area (Å²) in [7, 11) is 0. The molecule has 0 saturated carbocycles. The maximum Gasteiger partial charge on any atom is 0.303 e. The fraction of sp³-hybridized carbons (Fsp3) is 0.222. The summed E-state index contributed by atoms with van der Waals surface area (Å²) >= 11 is 0. The second-order valence-corrected chi connectivity index (χ2v) is 2.89. The topological polar surface area (TPSA) is 105 Å². The summed E-state index contributed by atoms with van der Waals surface area (Å²) < 4.78 is 0. The average Bonchev–Trinajstić information content (AvgIpc) is 2.15. The summed E-state index contributed by atoms with van der Waals surface area (Å²) in [4.78, 5) is 25.2. The fourth-order valence-electron chi connectivity index (χ4n) is 0.947. The molecule has 4 N–H and O–H groups in total. The molecule has 6 heteroatoms. The first kappa shape index (κ1) is 11.0. The van der Waals surface area contributed by atoms with Gasteiger partial charge in [-0.3, -0.25) is 9.59 Å². The van der Waals surface area contributed by atoms with Crippen molar-refractivity contribution in [3.63, 3.8) is 0 Å². The number of nitrogens with zero attached hydrogens (tertiary/aromatic N) is 1. The molecule has 0 aromatic carbocycles. The lowest BCUT2D eigenvalue weighted by molar-refractivity contribution is -0.138. The zero-order valence-electron chi connectivity index (χ0n) is 7.93. The molecule has 15 heavy (non-hydrogen) atoms. The highest BCUT2D eigenvalue weighted by atomic mass is 16.4. The number of carbonyl (C=O) groups is 2. The quantitative estimate of drug-likeness (QED) is 0.668. The lowest BCUT2D eigenvalue weighted by Crippen LogP contribution is -2.14. The van der Waals surface area contributed by atoms with Crippen molar-refractivity contribution in [2.45, 2.75) is 12.8 Å². The molecule has 0 radical (unpaired) electrons. The maximum absolute atomic E-state index is 11.2. The van der Waals surface area contributed by atoms with Gasteiger partial charge in [0.05, 0.1) is 6.42 Å². The van der Waals surface area contributed by atoms with Crippen LogP contribution in [0.15, 0.2) is 18.2 Å². The summed E-state index contributed by atoms with van der Waals surface area (Å²) in [5.74, 6) is -0.780. The molecule has 0 fully saturated rings. The van der Waals surface area contributed by atoms with Crippen molar-refractivity contribution in [2.75, 3.05) is 11.1 Å². The second kappa shape index (κ2) is 4.94. The number of aliphatic carboxylic acids is 1. The number of aromatic nitrogens is 1. The number of amides is 1. The third-order valence-electron chi connectivity index (χ3n) is 1.60. The number of hydrogen-bond acceptors (Lipinski definition) is 4. The number of pyridine rings is 1. The molecule has 0 unspecified atom stereocenters. The van der Waals surface area contributed by atoms with Crippen molar-refractivity contribution in [2.24, 2.45) is 0 Å². The van der Waals surface area contributed by atoms with Crippen molar-refractivity contribution in [1.29, 1.82) is 0 Å². The first-order valence-corrected chi connectivity index (χ1v) is 4.32. The number of carboxylic acid groups (broad SMARTS) is 1. The van der Waals surface area contributed by atoms with Crippen LogP contribution in [0.1, 0.15) is 12.8 Å². The van der Waals surface area contributed by atoms with Gasteiger partial charge in [-0.2, -0.15) is 0 Å². The lowest BCUT2D eigenvalue weighted by Gasteiger charge is -2.03. The van der Waals surface area contributed by atoms with Gasteiger partial charge < -0.3 is 16.2 Å². The van der Waals surface area contributed by atoms with Crippen molar-refractivity contribution < 1.29 is 14.7 Å². The zero-order valence-corrected chi connectivity index (χ0v) is 7.93. The average molecular weight is 209 g/mol. The molecule has 80 valence electrons. The van der Waals surface area contributed by atoms with Gasteiger partial charge in [-0.25, -0.2) is 4.98 Å². The third-order valence-corrected chi connectivity index (χ3v) is 1.60. The Labute approximate surface area is 86.1 Å². The van der Waals surface area contributed by atoms with E-state index in [1.807, 2.05) is 0 Å². The highest BCUT2D eigenvalue weighted by Gasteiger charge is 2.06. The predicted molar refractivity (Wildman–Crippen MR) is 54.1 cm³/mol. The number of nitrogen functional groups attached to an aromatic ring is 1. The summed E-state index contributed by atoms with van der Waals surface area (Å²) in [6, 6.07) is 4.82. The summed E-state index contributed by atoms with van der Waals surface area (Å²) in [6.45, 7) is 0. The number of hydrogen-bond donors (Lipinski definition) is 3. The number of nitrogens with one attached hydrogen (secondary N) is 1. The van der Waals surface area contributed by atoms with E-state index in [1.165, 1.54) is 0 Å². The maximum atomic E-state index is 11.2.